The van der Waals surface area contributed by atoms with Gasteiger partial charge >= 0.3 is 0 Å². The number of fused-ring (bicyclic) bond motifs is 1. The highest BCUT2D eigenvalue weighted by Gasteiger charge is 2.19. The predicted octanol–water partition coefficient (Wildman–Crippen LogP) is 5.05. The van der Waals surface area contributed by atoms with Crippen molar-refractivity contribution in [2.24, 2.45) is 5.92 Å². The van der Waals surface area contributed by atoms with E-state index in [0.29, 0.717) is 12.2 Å². The van der Waals surface area contributed by atoms with Crippen LogP contribution in [0.1, 0.15) is 11.4 Å². The van der Waals surface area contributed by atoms with Crippen molar-refractivity contribution in [1.82, 2.24) is 19.4 Å². The van der Waals surface area contributed by atoms with Crippen molar-refractivity contribution in [3.63, 3.8) is 0 Å². The quantitative estimate of drug-likeness (QED) is 0.381. The van der Waals surface area contributed by atoms with E-state index in [1.165, 1.54) is 29.0 Å². The average Bonchev–Trinajstić information content (AvgIpc) is 3.41. The van der Waals surface area contributed by atoms with E-state index in [0.717, 1.165) is 34.0 Å². The minimum absolute atomic E-state index is 0.0239. The summed E-state index contributed by atoms with van der Waals surface area (Å²) < 4.78 is 15.5. The standard InChI is InChI=1S/C25H21FN4OS/c26-20-8-6-19(7-9-20)23-24(30-12-13-32-25(30)29-23)21-10-11-27-22(28-21)15-18(16-31)14-17-4-2-1-3-5-17/h1-13,18,31H,14-16H2. The first-order chi connectivity index (χ1) is 15.7. The maximum absolute atomic E-state index is 13.5. The van der Waals surface area contributed by atoms with Gasteiger partial charge in [0.15, 0.2) is 4.96 Å². The molecular formula is C25H21FN4OS. The number of aliphatic hydroxyl groups excluding tert-OH is 1. The molecule has 0 aliphatic heterocycles. The van der Waals surface area contributed by atoms with Crippen molar-refractivity contribution < 1.29 is 9.50 Å². The Morgan fingerprint density at radius 3 is 2.56 bits per heavy atom. The van der Waals surface area contributed by atoms with E-state index < -0.39 is 0 Å². The fourth-order valence-electron chi connectivity index (χ4n) is 3.88. The second kappa shape index (κ2) is 8.98. The number of hydrogen-bond acceptors (Lipinski definition) is 5. The zero-order valence-electron chi connectivity index (χ0n) is 17.2. The summed E-state index contributed by atoms with van der Waals surface area (Å²) in [5, 5.41) is 11.9. The number of aliphatic hydroxyl groups is 1. The van der Waals surface area contributed by atoms with Crippen molar-refractivity contribution in [2.75, 3.05) is 6.61 Å². The van der Waals surface area contributed by atoms with Gasteiger partial charge in [-0.15, -0.1) is 11.3 Å². The zero-order valence-corrected chi connectivity index (χ0v) is 18.0. The number of rotatable bonds is 7. The van der Waals surface area contributed by atoms with Crippen LogP contribution in [0.25, 0.3) is 27.6 Å². The van der Waals surface area contributed by atoms with Crippen LogP contribution in [0, 0.1) is 11.7 Å². The third kappa shape index (κ3) is 4.17. The van der Waals surface area contributed by atoms with Crippen LogP contribution in [0.15, 0.2) is 78.4 Å². The topological polar surface area (TPSA) is 63.3 Å². The van der Waals surface area contributed by atoms with Gasteiger partial charge in [-0.3, -0.25) is 4.40 Å². The van der Waals surface area contributed by atoms with Gasteiger partial charge in [0.1, 0.15) is 17.3 Å². The van der Waals surface area contributed by atoms with Crippen LogP contribution in [0.2, 0.25) is 0 Å². The van der Waals surface area contributed by atoms with Gasteiger partial charge in [0.2, 0.25) is 0 Å². The van der Waals surface area contributed by atoms with Crippen LogP contribution >= 0.6 is 11.3 Å². The number of hydrogen-bond donors (Lipinski definition) is 1. The van der Waals surface area contributed by atoms with Gasteiger partial charge in [0.05, 0.1) is 11.4 Å². The molecule has 0 saturated heterocycles. The molecule has 1 atom stereocenters. The Kier molecular flexibility index (Phi) is 5.75. The molecule has 3 aromatic heterocycles. The number of benzene rings is 2. The second-order valence-corrected chi connectivity index (χ2v) is 8.55. The number of imidazole rings is 1. The molecule has 160 valence electrons. The molecule has 32 heavy (non-hydrogen) atoms. The summed E-state index contributed by atoms with van der Waals surface area (Å²) in [6.07, 6.45) is 5.03. The highest BCUT2D eigenvalue weighted by molar-refractivity contribution is 7.15. The van der Waals surface area contributed by atoms with E-state index in [-0.39, 0.29) is 18.3 Å². The van der Waals surface area contributed by atoms with Crippen molar-refractivity contribution >= 4 is 16.3 Å². The first-order valence-corrected chi connectivity index (χ1v) is 11.3. The monoisotopic (exact) mass is 444 g/mol. The number of nitrogens with zero attached hydrogens (tertiary/aromatic N) is 4. The van der Waals surface area contributed by atoms with Gasteiger partial charge in [-0.05, 0) is 48.2 Å². The van der Waals surface area contributed by atoms with Crippen molar-refractivity contribution in [2.45, 2.75) is 12.8 Å². The number of thiazole rings is 1. The fourth-order valence-corrected chi connectivity index (χ4v) is 4.59. The Morgan fingerprint density at radius 2 is 1.78 bits per heavy atom. The van der Waals surface area contributed by atoms with Gasteiger partial charge in [-0.25, -0.2) is 19.3 Å². The summed E-state index contributed by atoms with van der Waals surface area (Å²) in [5.41, 5.74) is 4.35. The summed E-state index contributed by atoms with van der Waals surface area (Å²) in [4.78, 5) is 14.9. The predicted molar refractivity (Wildman–Crippen MR) is 124 cm³/mol. The van der Waals surface area contributed by atoms with Crippen LogP contribution in [0.4, 0.5) is 4.39 Å². The van der Waals surface area contributed by atoms with Gasteiger partial charge in [0.25, 0.3) is 0 Å². The minimum atomic E-state index is -0.283. The molecular weight excluding hydrogens is 423 g/mol. The van der Waals surface area contributed by atoms with Crippen LogP contribution in [-0.4, -0.2) is 31.1 Å². The van der Waals surface area contributed by atoms with Crippen LogP contribution in [0.5, 0.6) is 0 Å². The maximum atomic E-state index is 13.5. The maximum Gasteiger partial charge on any atom is 0.194 e. The largest absolute Gasteiger partial charge is 0.396 e. The third-order valence-electron chi connectivity index (χ3n) is 5.42. The minimum Gasteiger partial charge on any atom is -0.396 e. The molecule has 7 heteroatoms. The lowest BCUT2D eigenvalue weighted by atomic mass is 9.96. The lowest BCUT2D eigenvalue weighted by molar-refractivity contribution is 0.223. The lowest BCUT2D eigenvalue weighted by Crippen LogP contribution is -2.15. The normalized spacial score (nSPS) is 12.3. The van der Waals surface area contributed by atoms with E-state index in [4.69, 9.17) is 9.97 Å². The molecule has 0 saturated carbocycles. The number of halogens is 1. The first-order valence-electron chi connectivity index (χ1n) is 10.4. The molecule has 1 N–H and O–H groups in total. The third-order valence-corrected chi connectivity index (χ3v) is 6.18. The molecule has 0 fully saturated rings. The summed E-state index contributed by atoms with van der Waals surface area (Å²) in [6, 6.07) is 18.3. The van der Waals surface area contributed by atoms with Crippen molar-refractivity contribution in [1.29, 1.82) is 0 Å². The van der Waals surface area contributed by atoms with Gasteiger partial charge in [-0.2, -0.15) is 0 Å². The number of aromatic nitrogens is 4. The summed E-state index contributed by atoms with van der Waals surface area (Å²) in [7, 11) is 0. The van der Waals surface area contributed by atoms with Crippen LogP contribution in [0.3, 0.4) is 0 Å². The fraction of sp³-hybridized carbons (Fsp3) is 0.160. The molecule has 3 heterocycles. The van der Waals surface area contributed by atoms with E-state index in [2.05, 4.69) is 17.1 Å². The van der Waals surface area contributed by atoms with E-state index in [9.17, 15) is 9.50 Å². The summed E-state index contributed by atoms with van der Waals surface area (Å²) in [5.74, 6) is 0.414. The molecule has 2 aromatic carbocycles. The SMILES string of the molecule is OCC(Cc1ccccc1)Cc1nccc(-c2c(-c3ccc(F)cc3)nc3sccn23)n1. The summed E-state index contributed by atoms with van der Waals surface area (Å²) in [6.45, 7) is 0.0603. The average molecular weight is 445 g/mol. The zero-order chi connectivity index (χ0) is 21.9. The Bertz CT molecular complexity index is 1330. The highest BCUT2D eigenvalue weighted by Crippen LogP contribution is 2.33. The molecule has 1 unspecified atom stereocenters. The summed E-state index contributed by atoms with van der Waals surface area (Å²) >= 11 is 1.54. The van der Waals surface area contributed by atoms with Crippen molar-refractivity contribution in [3.05, 3.63) is 95.6 Å². The van der Waals surface area contributed by atoms with Gasteiger partial charge in [0, 0.05) is 36.4 Å². The van der Waals surface area contributed by atoms with E-state index in [1.54, 1.807) is 18.3 Å². The first kappa shape index (κ1) is 20.5. The van der Waals surface area contributed by atoms with Gasteiger partial charge < -0.3 is 5.11 Å². The second-order valence-electron chi connectivity index (χ2n) is 7.67. The molecule has 0 bridgehead atoms. The molecule has 0 aliphatic rings. The van der Waals surface area contributed by atoms with Gasteiger partial charge in [-0.1, -0.05) is 30.3 Å². The molecule has 0 radical (unpaired) electrons. The van der Waals surface area contributed by atoms with E-state index in [1.807, 2.05) is 40.2 Å². The Balaban J connectivity index is 1.50. The van der Waals surface area contributed by atoms with E-state index >= 15 is 0 Å². The molecule has 5 aromatic rings. The highest BCUT2D eigenvalue weighted by atomic mass is 32.1. The lowest BCUT2D eigenvalue weighted by Gasteiger charge is -2.14. The molecule has 5 rings (SSSR count). The van der Waals surface area contributed by atoms with Crippen LogP contribution in [-0.2, 0) is 12.8 Å². The Labute approximate surface area is 188 Å². The smallest absolute Gasteiger partial charge is 0.194 e. The molecule has 0 aliphatic carbocycles. The van der Waals surface area contributed by atoms with Crippen LogP contribution < -0.4 is 0 Å². The van der Waals surface area contributed by atoms with Crippen molar-refractivity contribution in [3.8, 4) is 22.6 Å². The molecule has 0 spiro atoms. The molecule has 5 nitrogen and oxygen atoms in total. The Morgan fingerprint density at radius 1 is 0.969 bits per heavy atom. The Hall–Kier alpha value is -3.42. The molecule has 0 amide bonds.